The summed E-state index contributed by atoms with van der Waals surface area (Å²) < 4.78 is 13.6. The van der Waals surface area contributed by atoms with E-state index in [-0.39, 0.29) is 17.6 Å². The zero-order valence-corrected chi connectivity index (χ0v) is 18.4. The van der Waals surface area contributed by atoms with Gasteiger partial charge in [0.05, 0.1) is 5.52 Å². The molecule has 0 saturated carbocycles. The lowest BCUT2D eigenvalue weighted by Crippen LogP contribution is -2.37. The fraction of sp³-hybridized carbons (Fsp3) is 0.214. The number of halogens is 1. The molecule has 0 spiro atoms. The zero-order valence-electron chi connectivity index (χ0n) is 18.4. The van der Waals surface area contributed by atoms with Crippen LogP contribution in [0.1, 0.15) is 18.4 Å². The summed E-state index contributed by atoms with van der Waals surface area (Å²) >= 11 is 0. The monoisotopic (exact) mass is 439 g/mol. The molecule has 4 aromatic rings. The topological polar surface area (TPSA) is 45.2 Å². The van der Waals surface area contributed by atoms with Crippen LogP contribution in [0.25, 0.3) is 22.0 Å². The van der Waals surface area contributed by atoms with Crippen LogP contribution >= 0.6 is 0 Å². The van der Waals surface area contributed by atoms with E-state index in [1.54, 1.807) is 6.07 Å². The van der Waals surface area contributed by atoms with Gasteiger partial charge in [0.1, 0.15) is 5.82 Å². The first kappa shape index (κ1) is 21.3. The van der Waals surface area contributed by atoms with Gasteiger partial charge in [0.25, 0.3) is 0 Å². The Morgan fingerprint density at radius 3 is 2.52 bits per heavy atom. The normalized spacial score (nSPS) is 14.9. The van der Waals surface area contributed by atoms with Crippen molar-refractivity contribution in [2.45, 2.75) is 19.4 Å². The first-order valence-electron chi connectivity index (χ1n) is 11.4. The SMILES string of the molecule is O=C(Nc1cccc(-c2cccc(F)c2)c1)C1CCN(Cc2cccc3ncccc23)CC1. The number of carbonyl (C=O) groups excluding carboxylic acids is 1. The zero-order chi connectivity index (χ0) is 22.6. The van der Waals surface area contributed by atoms with E-state index in [4.69, 9.17) is 0 Å². The smallest absolute Gasteiger partial charge is 0.227 e. The van der Waals surface area contributed by atoms with Crippen molar-refractivity contribution < 1.29 is 9.18 Å². The standard InChI is InChI=1S/C28H26FN3O/c29-24-8-1-5-21(17-24)22-6-2-9-25(18-22)31-28(33)20-12-15-32(16-13-20)19-23-7-3-11-27-26(23)10-4-14-30-27/h1-11,14,17-18,20H,12-13,15-16,19H2,(H,31,33). The quantitative estimate of drug-likeness (QED) is 0.422. The highest BCUT2D eigenvalue weighted by molar-refractivity contribution is 5.93. The Hall–Kier alpha value is -3.57. The van der Waals surface area contributed by atoms with Gasteiger partial charge in [-0.3, -0.25) is 14.7 Å². The third-order valence-electron chi connectivity index (χ3n) is 6.38. The van der Waals surface area contributed by atoms with E-state index in [9.17, 15) is 9.18 Å². The summed E-state index contributed by atoms with van der Waals surface area (Å²) in [4.78, 5) is 19.8. The van der Waals surface area contributed by atoms with Crippen LogP contribution in [0.15, 0.2) is 85.1 Å². The van der Waals surface area contributed by atoms with Crippen molar-refractivity contribution in [2.75, 3.05) is 18.4 Å². The van der Waals surface area contributed by atoms with Gasteiger partial charge in [-0.2, -0.15) is 0 Å². The van der Waals surface area contributed by atoms with E-state index in [1.807, 2.05) is 48.7 Å². The predicted octanol–water partition coefficient (Wildman–Crippen LogP) is 5.89. The molecule has 5 rings (SSSR count). The summed E-state index contributed by atoms with van der Waals surface area (Å²) in [6.07, 6.45) is 3.49. The highest BCUT2D eigenvalue weighted by Gasteiger charge is 2.25. The molecule has 0 aliphatic carbocycles. The maximum Gasteiger partial charge on any atom is 0.227 e. The molecule has 5 heteroatoms. The van der Waals surface area contributed by atoms with Gasteiger partial charge in [0.2, 0.25) is 5.91 Å². The van der Waals surface area contributed by atoms with Crippen molar-refractivity contribution in [3.63, 3.8) is 0 Å². The maximum atomic E-state index is 13.6. The Bertz CT molecular complexity index is 1280. The van der Waals surface area contributed by atoms with Gasteiger partial charge in [0, 0.05) is 29.7 Å². The fourth-order valence-corrected chi connectivity index (χ4v) is 4.59. The maximum absolute atomic E-state index is 13.6. The molecule has 2 heterocycles. The van der Waals surface area contributed by atoms with Crippen LogP contribution in [-0.4, -0.2) is 28.9 Å². The number of nitrogens with zero attached hydrogens (tertiary/aromatic N) is 2. The highest BCUT2D eigenvalue weighted by Crippen LogP contribution is 2.26. The molecule has 4 nitrogen and oxygen atoms in total. The number of piperidine rings is 1. The summed E-state index contributed by atoms with van der Waals surface area (Å²) in [5.41, 5.74) is 4.71. The second kappa shape index (κ2) is 9.51. The molecular formula is C28H26FN3O. The molecule has 1 aliphatic heterocycles. The number of anilines is 1. The third kappa shape index (κ3) is 4.94. The van der Waals surface area contributed by atoms with Gasteiger partial charge >= 0.3 is 0 Å². The van der Waals surface area contributed by atoms with E-state index in [0.717, 1.165) is 54.8 Å². The number of hydrogen-bond donors (Lipinski definition) is 1. The lowest BCUT2D eigenvalue weighted by atomic mass is 9.95. The average molecular weight is 440 g/mol. The van der Waals surface area contributed by atoms with Crippen LogP contribution in [0.5, 0.6) is 0 Å². The van der Waals surface area contributed by atoms with Gasteiger partial charge in [0.15, 0.2) is 0 Å². The molecule has 0 bridgehead atoms. The van der Waals surface area contributed by atoms with Crippen molar-refractivity contribution in [3.8, 4) is 11.1 Å². The summed E-state index contributed by atoms with van der Waals surface area (Å²) in [5, 5.41) is 4.26. The Morgan fingerprint density at radius 1 is 0.939 bits per heavy atom. The van der Waals surface area contributed by atoms with Gasteiger partial charge in [-0.05, 0) is 79.0 Å². The van der Waals surface area contributed by atoms with Gasteiger partial charge in [-0.1, -0.05) is 42.5 Å². The second-order valence-corrected chi connectivity index (χ2v) is 8.62. The predicted molar refractivity (Wildman–Crippen MR) is 130 cm³/mol. The molecule has 3 aromatic carbocycles. The van der Waals surface area contributed by atoms with Crippen molar-refractivity contribution in [1.82, 2.24) is 9.88 Å². The number of pyridine rings is 1. The Balaban J connectivity index is 1.19. The van der Waals surface area contributed by atoms with Crippen molar-refractivity contribution in [2.24, 2.45) is 5.92 Å². The molecule has 33 heavy (non-hydrogen) atoms. The molecule has 1 aliphatic rings. The number of carbonyl (C=O) groups is 1. The van der Waals surface area contributed by atoms with Crippen molar-refractivity contribution in [3.05, 3.63) is 96.4 Å². The van der Waals surface area contributed by atoms with Crippen LogP contribution in [0.3, 0.4) is 0 Å². The summed E-state index contributed by atoms with van der Waals surface area (Å²) in [5.74, 6) is -0.220. The molecule has 1 saturated heterocycles. The van der Waals surface area contributed by atoms with Gasteiger partial charge < -0.3 is 5.32 Å². The number of rotatable bonds is 5. The lowest BCUT2D eigenvalue weighted by molar-refractivity contribution is -0.121. The minimum atomic E-state index is -0.270. The van der Waals surface area contributed by atoms with E-state index < -0.39 is 0 Å². The summed E-state index contributed by atoms with van der Waals surface area (Å²) in [6, 6.07) is 24.4. The number of likely N-dealkylation sites (tertiary alicyclic amines) is 1. The lowest BCUT2D eigenvalue weighted by Gasteiger charge is -2.31. The minimum absolute atomic E-state index is 0.00624. The molecule has 0 radical (unpaired) electrons. The van der Waals surface area contributed by atoms with E-state index in [2.05, 4.69) is 33.4 Å². The minimum Gasteiger partial charge on any atom is -0.326 e. The number of hydrogen-bond acceptors (Lipinski definition) is 3. The molecular weight excluding hydrogens is 413 g/mol. The summed E-state index contributed by atoms with van der Waals surface area (Å²) in [7, 11) is 0. The molecule has 1 aromatic heterocycles. The van der Waals surface area contributed by atoms with E-state index in [1.165, 1.54) is 23.1 Å². The third-order valence-corrected chi connectivity index (χ3v) is 6.38. The van der Waals surface area contributed by atoms with Gasteiger partial charge in [-0.15, -0.1) is 0 Å². The number of benzene rings is 3. The highest BCUT2D eigenvalue weighted by atomic mass is 19.1. The van der Waals surface area contributed by atoms with E-state index >= 15 is 0 Å². The molecule has 0 atom stereocenters. The Morgan fingerprint density at radius 2 is 1.70 bits per heavy atom. The van der Waals surface area contributed by atoms with Crippen LogP contribution < -0.4 is 5.32 Å². The first-order valence-corrected chi connectivity index (χ1v) is 11.4. The van der Waals surface area contributed by atoms with Crippen LogP contribution in [0, 0.1) is 11.7 Å². The van der Waals surface area contributed by atoms with Crippen LogP contribution in [0.4, 0.5) is 10.1 Å². The molecule has 1 amide bonds. The van der Waals surface area contributed by atoms with Crippen molar-refractivity contribution in [1.29, 1.82) is 0 Å². The fourth-order valence-electron chi connectivity index (χ4n) is 4.59. The van der Waals surface area contributed by atoms with Crippen molar-refractivity contribution >= 4 is 22.5 Å². The van der Waals surface area contributed by atoms with Crippen LogP contribution in [-0.2, 0) is 11.3 Å². The average Bonchev–Trinajstić information content (AvgIpc) is 2.85. The van der Waals surface area contributed by atoms with Gasteiger partial charge in [-0.25, -0.2) is 4.39 Å². The largest absolute Gasteiger partial charge is 0.326 e. The Labute approximate surface area is 193 Å². The second-order valence-electron chi connectivity index (χ2n) is 8.62. The van der Waals surface area contributed by atoms with E-state index in [0.29, 0.717) is 0 Å². The number of fused-ring (bicyclic) bond motifs is 1. The molecule has 0 unspecified atom stereocenters. The summed E-state index contributed by atoms with van der Waals surface area (Å²) in [6.45, 7) is 2.64. The number of aromatic nitrogens is 1. The van der Waals surface area contributed by atoms with Crippen LogP contribution in [0.2, 0.25) is 0 Å². The molecule has 1 N–H and O–H groups in total. The number of nitrogens with one attached hydrogen (secondary N) is 1. The Kier molecular flexibility index (Phi) is 6.13. The molecule has 1 fully saturated rings. The molecule has 166 valence electrons. The first-order chi connectivity index (χ1) is 16.2. The number of amides is 1.